The van der Waals surface area contributed by atoms with Crippen LogP contribution in [0.25, 0.3) is 16.6 Å². The van der Waals surface area contributed by atoms with Crippen molar-refractivity contribution in [1.82, 2.24) is 24.9 Å². The predicted molar refractivity (Wildman–Crippen MR) is 95.6 cm³/mol. The third-order valence-corrected chi connectivity index (χ3v) is 6.41. The van der Waals surface area contributed by atoms with E-state index in [1.54, 1.807) is 6.33 Å². The van der Waals surface area contributed by atoms with Gasteiger partial charge in [0.2, 0.25) is 0 Å². The topological polar surface area (TPSA) is 58.0 Å². The largest absolute Gasteiger partial charge is 0.406 e. The number of nitrogens with one attached hydrogen (secondary N) is 2. The second-order valence-electron chi connectivity index (χ2n) is 8.06. The SMILES string of the molecule is FC(F)(F)C1(NCC2CCC(c3cnn4cnc5[nH]ccc5c34)CC2)CC1. The maximum Gasteiger partial charge on any atom is 0.406 e. The summed E-state index contributed by atoms with van der Waals surface area (Å²) in [7, 11) is 0. The van der Waals surface area contributed by atoms with Crippen LogP contribution in [0.5, 0.6) is 0 Å². The Morgan fingerprint density at radius 1 is 1.22 bits per heavy atom. The summed E-state index contributed by atoms with van der Waals surface area (Å²) in [5.41, 5.74) is 1.57. The maximum absolute atomic E-state index is 13.1. The Kier molecular flexibility index (Phi) is 3.76. The third kappa shape index (κ3) is 2.81. The van der Waals surface area contributed by atoms with Crippen molar-refractivity contribution < 1.29 is 13.2 Å². The third-order valence-electron chi connectivity index (χ3n) is 6.41. The second kappa shape index (κ2) is 5.95. The zero-order valence-corrected chi connectivity index (χ0v) is 14.9. The average Bonchev–Trinajstić information content (AvgIpc) is 3.11. The summed E-state index contributed by atoms with van der Waals surface area (Å²) in [6.07, 6.45) is 5.71. The molecule has 0 aliphatic heterocycles. The van der Waals surface area contributed by atoms with Crippen molar-refractivity contribution in [1.29, 1.82) is 0 Å². The predicted octanol–water partition coefficient (Wildman–Crippen LogP) is 4.17. The molecule has 0 amide bonds. The average molecular weight is 377 g/mol. The molecule has 2 saturated carbocycles. The van der Waals surface area contributed by atoms with E-state index in [1.165, 1.54) is 5.56 Å². The van der Waals surface area contributed by atoms with Crippen LogP contribution in [0.3, 0.4) is 0 Å². The molecule has 8 heteroatoms. The summed E-state index contributed by atoms with van der Waals surface area (Å²) in [4.78, 5) is 7.49. The molecule has 5 rings (SSSR count). The Morgan fingerprint density at radius 3 is 2.70 bits per heavy atom. The Labute approximate surface area is 154 Å². The number of aromatic nitrogens is 4. The van der Waals surface area contributed by atoms with Crippen LogP contribution in [-0.2, 0) is 0 Å². The number of halogens is 3. The van der Waals surface area contributed by atoms with Crippen LogP contribution in [-0.4, -0.2) is 37.8 Å². The normalized spacial score (nSPS) is 25.3. The smallest absolute Gasteiger partial charge is 0.346 e. The van der Waals surface area contributed by atoms with E-state index in [0.29, 0.717) is 18.4 Å². The van der Waals surface area contributed by atoms with Crippen molar-refractivity contribution in [3.05, 3.63) is 30.4 Å². The van der Waals surface area contributed by atoms with Gasteiger partial charge in [-0.15, -0.1) is 0 Å². The zero-order valence-electron chi connectivity index (χ0n) is 14.9. The number of alkyl halides is 3. The summed E-state index contributed by atoms with van der Waals surface area (Å²) in [6, 6.07) is 2.02. The molecular formula is C19H22F3N5. The molecule has 2 aliphatic rings. The monoisotopic (exact) mass is 377 g/mol. The molecule has 2 fully saturated rings. The molecule has 2 N–H and O–H groups in total. The van der Waals surface area contributed by atoms with Crippen LogP contribution in [0.2, 0.25) is 0 Å². The first kappa shape index (κ1) is 17.0. The van der Waals surface area contributed by atoms with Gasteiger partial charge in [-0.3, -0.25) is 0 Å². The number of fused-ring (bicyclic) bond motifs is 3. The maximum atomic E-state index is 13.1. The molecular weight excluding hydrogens is 355 g/mol. The first-order chi connectivity index (χ1) is 13.0. The molecule has 3 heterocycles. The van der Waals surface area contributed by atoms with E-state index in [1.807, 2.05) is 23.0 Å². The highest BCUT2D eigenvalue weighted by atomic mass is 19.4. The van der Waals surface area contributed by atoms with Gasteiger partial charge < -0.3 is 10.3 Å². The molecule has 0 spiro atoms. The Bertz CT molecular complexity index is 961. The Morgan fingerprint density at radius 2 is 2.00 bits per heavy atom. The zero-order chi connectivity index (χ0) is 18.6. The van der Waals surface area contributed by atoms with E-state index in [9.17, 15) is 13.2 Å². The van der Waals surface area contributed by atoms with Gasteiger partial charge in [-0.05, 0) is 63.0 Å². The minimum Gasteiger partial charge on any atom is -0.346 e. The molecule has 0 radical (unpaired) electrons. The van der Waals surface area contributed by atoms with Crippen molar-refractivity contribution in [3.63, 3.8) is 0 Å². The van der Waals surface area contributed by atoms with Gasteiger partial charge >= 0.3 is 6.18 Å². The van der Waals surface area contributed by atoms with Gasteiger partial charge in [-0.25, -0.2) is 9.50 Å². The highest BCUT2D eigenvalue weighted by Crippen LogP contribution is 2.49. The second-order valence-corrected chi connectivity index (χ2v) is 8.06. The van der Waals surface area contributed by atoms with Crippen LogP contribution in [0.15, 0.2) is 24.8 Å². The van der Waals surface area contributed by atoms with Crippen molar-refractivity contribution in [2.75, 3.05) is 6.54 Å². The highest BCUT2D eigenvalue weighted by molar-refractivity contribution is 5.93. The Balaban J connectivity index is 1.27. The number of hydrogen-bond acceptors (Lipinski definition) is 3. The van der Waals surface area contributed by atoms with Gasteiger partial charge in [0.05, 0.1) is 11.7 Å². The van der Waals surface area contributed by atoms with Gasteiger partial charge in [-0.1, -0.05) is 0 Å². The van der Waals surface area contributed by atoms with Gasteiger partial charge in [0.25, 0.3) is 0 Å². The standard InChI is InChI=1S/C19H22F3N5/c20-19(21,22)18(6-7-18)25-9-12-1-3-13(4-2-12)15-10-26-27-11-24-17-14(16(15)27)5-8-23-17/h5,8,10-13,23,25H,1-4,6-7,9H2. The van der Waals surface area contributed by atoms with Crippen LogP contribution >= 0.6 is 0 Å². The lowest BCUT2D eigenvalue weighted by Gasteiger charge is -2.30. The van der Waals surface area contributed by atoms with Crippen LogP contribution in [0.4, 0.5) is 13.2 Å². The molecule has 0 atom stereocenters. The summed E-state index contributed by atoms with van der Waals surface area (Å²) in [6.45, 7) is 0.465. The highest BCUT2D eigenvalue weighted by Gasteiger charge is 2.63. The van der Waals surface area contributed by atoms with Crippen molar-refractivity contribution >= 4 is 16.6 Å². The van der Waals surface area contributed by atoms with E-state index in [-0.39, 0.29) is 12.8 Å². The number of hydrogen-bond donors (Lipinski definition) is 2. The van der Waals surface area contributed by atoms with Crippen molar-refractivity contribution in [3.8, 4) is 0 Å². The lowest BCUT2D eigenvalue weighted by atomic mass is 9.79. The lowest BCUT2D eigenvalue weighted by molar-refractivity contribution is -0.166. The Hall–Kier alpha value is -2.09. The molecule has 2 aliphatic carbocycles. The molecule has 144 valence electrons. The number of rotatable bonds is 4. The fourth-order valence-electron chi connectivity index (χ4n) is 4.51. The first-order valence-corrected chi connectivity index (χ1v) is 9.58. The van der Waals surface area contributed by atoms with Crippen LogP contribution in [0.1, 0.15) is 50.0 Å². The van der Waals surface area contributed by atoms with E-state index >= 15 is 0 Å². The van der Waals surface area contributed by atoms with Gasteiger partial charge in [0.1, 0.15) is 17.5 Å². The molecule has 0 aromatic carbocycles. The molecule has 27 heavy (non-hydrogen) atoms. The molecule has 3 aromatic heterocycles. The molecule has 3 aromatic rings. The number of nitrogens with zero attached hydrogens (tertiary/aromatic N) is 3. The van der Waals surface area contributed by atoms with E-state index in [4.69, 9.17) is 0 Å². The van der Waals surface area contributed by atoms with Gasteiger partial charge in [0, 0.05) is 17.1 Å². The summed E-state index contributed by atoms with van der Waals surface area (Å²) >= 11 is 0. The fraction of sp³-hybridized carbons (Fsp3) is 0.579. The first-order valence-electron chi connectivity index (χ1n) is 9.58. The van der Waals surface area contributed by atoms with E-state index in [2.05, 4.69) is 20.4 Å². The molecule has 0 bridgehead atoms. The molecule has 0 unspecified atom stereocenters. The number of H-pyrrole nitrogens is 1. The summed E-state index contributed by atoms with van der Waals surface area (Å²) < 4.78 is 41.0. The van der Waals surface area contributed by atoms with Crippen LogP contribution in [0, 0.1) is 5.92 Å². The summed E-state index contributed by atoms with van der Waals surface area (Å²) in [5, 5.41) is 8.34. The van der Waals surface area contributed by atoms with Crippen molar-refractivity contribution in [2.45, 2.75) is 56.2 Å². The fourth-order valence-corrected chi connectivity index (χ4v) is 4.51. The van der Waals surface area contributed by atoms with Crippen molar-refractivity contribution in [2.24, 2.45) is 5.92 Å². The molecule has 5 nitrogen and oxygen atoms in total. The summed E-state index contributed by atoms with van der Waals surface area (Å²) in [5.74, 6) is 0.716. The minimum absolute atomic E-state index is 0.217. The van der Waals surface area contributed by atoms with E-state index in [0.717, 1.165) is 42.2 Å². The molecule has 0 saturated heterocycles. The van der Waals surface area contributed by atoms with E-state index < -0.39 is 11.7 Å². The minimum atomic E-state index is -4.13. The van der Waals surface area contributed by atoms with Gasteiger partial charge in [-0.2, -0.15) is 18.3 Å². The quantitative estimate of drug-likeness (QED) is 0.718. The lowest BCUT2D eigenvalue weighted by Crippen LogP contribution is -2.47. The van der Waals surface area contributed by atoms with Crippen LogP contribution < -0.4 is 5.32 Å². The number of aromatic amines is 1. The van der Waals surface area contributed by atoms with Gasteiger partial charge in [0.15, 0.2) is 0 Å².